The van der Waals surface area contributed by atoms with E-state index in [-0.39, 0.29) is 11.6 Å². The molecular formula is C23H26N2O5. The molecule has 0 aromatic heterocycles. The number of carbonyl (C=O) groups is 3. The Labute approximate surface area is 175 Å². The number of rotatable bonds is 7. The molecule has 0 saturated heterocycles. The van der Waals surface area contributed by atoms with Crippen molar-refractivity contribution >= 4 is 17.9 Å². The molecule has 3 amide bonds. The van der Waals surface area contributed by atoms with Crippen LogP contribution in [0.5, 0.6) is 5.75 Å². The van der Waals surface area contributed by atoms with E-state index in [9.17, 15) is 14.4 Å². The van der Waals surface area contributed by atoms with Gasteiger partial charge in [0.25, 0.3) is 5.91 Å². The molecule has 0 heterocycles. The number of urea groups is 1. The van der Waals surface area contributed by atoms with Crippen molar-refractivity contribution in [2.75, 3.05) is 0 Å². The predicted molar refractivity (Wildman–Crippen MR) is 111 cm³/mol. The van der Waals surface area contributed by atoms with Gasteiger partial charge in [0.15, 0.2) is 6.10 Å². The Balaban J connectivity index is 1.49. The van der Waals surface area contributed by atoms with Crippen LogP contribution in [0.15, 0.2) is 54.6 Å². The van der Waals surface area contributed by atoms with E-state index < -0.39 is 24.0 Å². The van der Waals surface area contributed by atoms with E-state index in [1.165, 1.54) is 6.92 Å². The maximum absolute atomic E-state index is 12.4. The van der Waals surface area contributed by atoms with Crippen molar-refractivity contribution in [3.8, 4) is 5.75 Å². The lowest BCUT2D eigenvalue weighted by Crippen LogP contribution is -2.47. The van der Waals surface area contributed by atoms with Crippen LogP contribution in [-0.4, -0.2) is 30.1 Å². The van der Waals surface area contributed by atoms with E-state index >= 15 is 0 Å². The molecule has 7 heteroatoms. The monoisotopic (exact) mass is 410 g/mol. The van der Waals surface area contributed by atoms with Crippen LogP contribution >= 0.6 is 0 Å². The second kappa shape index (κ2) is 10.4. The summed E-state index contributed by atoms with van der Waals surface area (Å²) in [4.78, 5) is 36.4. The maximum atomic E-state index is 12.4. The Morgan fingerprint density at radius 1 is 1.03 bits per heavy atom. The first-order valence-corrected chi connectivity index (χ1v) is 10.1. The lowest BCUT2D eigenvalue weighted by Gasteiger charge is -2.16. The van der Waals surface area contributed by atoms with E-state index in [0.717, 1.165) is 31.2 Å². The number of nitrogens with one attached hydrogen (secondary N) is 2. The summed E-state index contributed by atoms with van der Waals surface area (Å²) in [5.74, 6) is -0.823. The van der Waals surface area contributed by atoms with Crippen molar-refractivity contribution in [1.82, 2.24) is 10.6 Å². The number of hydrogen-bond donors (Lipinski definition) is 2. The largest absolute Gasteiger partial charge is 0.489 e. The molecule has 1 aliphatic rings. The minimum absolute atomic E-state index is 0.0919. The van der Waals surface area contributed by atoms with Crippen molar-refractivity contribution in [2.24, 2.45) is 0 Å². The molecule has 0 radical (unpaired) electrons. The molecular weight excluding hydrogens is 384 g/mol. The molecule has 1 aliphatic carbocycles. The second-order valence-corrected chi connectivity index (χ2v) is 7.29. The van der Waals surface area contributed by atoms with Crippen molar-refractivity contribution in [3.63, 3.8) is 0 Å². The molecule has 1 saturated carbocycles. The highest BCUT2D eigenvalue weighted by molar-refractivity contribution is 5.98. The zero-order valence-electron chi connectivity index (χ0n) is 16.9. The molecule has 0 unspecified atom stereocenters. The van der Waals surface area contributed by atoms with Crippen molar-refractivity contribution in [3.05, 3.63) is 65.7 Å². The van der Waals surface area contributed by atoms with Gasteiger partial charge in [-0.2, -0.15) is 0 Å². The van der Waals surface area contributed by atoms with Crippen LogP contribution in [0.3, 0.4) is 0 Å². The van der Waals surface area contributed by atoms with Crippen LogP contribution < -0.4 is 15.4 Å². The van der Waals surface area contributed by atoms with Crippen LogP contribution in [0.1, 0.15) is 48.5 Å². The van der Waals surface area contributed by atoms with Gasteiger partial charge >= 0.3 is 12.0 Å². The first-order chi connectivity index (χ1) is 14.5. The topological polar surface area (TPSA) is 93.7 Å². The number of imide groups is 1. The molecule has 2 N–H and O–H groups in total. The SMILES string of the molecule is C[C@@H](OC(=O)c1cccc(OCc2ccccc2)c1)C(=O)NC(=O)NC1CCCC1. The zero-order valence-corrected chi connectivity index (χ0v) is 16.9. The maximum Gasteiger partial charge on any atom is 0.339 e. The van der Waals surface area contributed by atoms with E-state index in [1.807, 2.05) is 30.3 Å². The lowest BCUT2D eigenvalue weighted by molar-refractivity contribution is -0.127. The highest BCUT2D eigenvalue weighted by Gasteiger charge is 2.23. The zero-order chi connectivity index (χ0) is 21.3. The van der Waals surface area contributed by atoms with Gasteiger partial charge in [-0.1, -0.05) is 49.2 Å². The van der Waals surface area contributed by atoms with Gasteiger partial charge in [0.05, 0.1) is 5.56 Å². The molecule has 0 bridgehead atoms. The number of carbonyl (C=O) groups excluding carboxylic acids is 3. The molecule has 158 valence electrons. The first-order valence-electron chi connectivity index (χ1n) is 10.1. The number of benzene rings is 2. The third kappa shape index (κ3) is 6.34. The number of esters is 1. The number of amides is 3. The average molecular weight is 410 g/mol. The van der Waals surface area contributed by atoms with Gasteiger partial charge in [-0.25, -0.2) is 9.59 Å². The predicted octanol–water partition coefficient (Wildman–Crippen LogP) is 3.58. The van der Waals surface area contributed by atoms with Crippen molar-refractivity contribution in [1.29, 1.82) is 0 Å². The standard InChI is InChI=1S/C23H26N2O5/c1-16(21(26)25-23(28)24-19-11-5-6-12-19)30-22(27)18-10-7-13-20(14-18)29-15-17-8-3-2-4-9-17/h2-4,7-10,13-14,16,19H,5-6,11-12,15H2,1H3,(H2,24,25,26,28)/t16-/m1/s1. The van der Waals surface area contributed by atoms with Crippen LogP contribution in [0.25, 0.3) is 0 Å². The second-order valence-electron chi connectivity index (χ2n) is 7.29. The van der Waals surface area contributed by atoms with E-state index in [2.05, 4.69) is 10.6 Å². The molecule has 2 aromatic rings. The molecule has 1 atom stereocenters. The van der Waals surface area contributed by atoms with Crippen LogP contribution in [0, 0.1) is 0 Å². The Morgan fingerprint density at radius 3 is 2.50 bits per heavy atom. The molecule has 1 fully saturated rings. The Kier molecular flexibility index (Phi) is 7.43. The van der Waals surface area contributed by atoms with Crippen LogP contribution in [0.2, 0.25) is 0 Å². The van der Waals surface area contributed by atoms with Gasteiger partial charge in [0.2, 0.25) is 0 Å². The smallest absolute Gasteiger partial charge is 0.339 e. The van der Waals surface area contributed by atoms with Gasteiger partial charge in [-0.05, 0) is 43.5 Å². The van der Waals surface area contributed by atoms with Gasteiger partial charge < -0.3 is 14.8 Å². The summed E-state index contributed by atoms with van der Waals surface area (Å²) >= 11 is 0. The highest BCUT2D eigenvalue weighted by atomic mass is 16.5. The summed E-state index contributed by atoms with van der Waals surface area (Å²) in [7, 11) is 0. The highest BCUT2D eigenvalue weighted by Crippen LogP contribution is 2.18. The fourth-order valence-electron chi connectivity index (χ4n) is 3.24. The third-order valence-corrected chi connectivity index (χ3v) is 4.90. The molecule has 0 spiro atoms. The summed E-state index contributed by atoms with van der Waals surface area (Å²) in [6.45, 7) is 1.79. The lowest BCUT2D eigenvalue weighted by atomic mass is 10.2. The van der Waals surface area contributed by atoms with E-state index in [0.29, 0.717) is 12.4 Å². The summed E-state index contributed by atoms with van der Waals surface area (Å²) < 4.78 is 10.9. The fraction of sp³-hybridized carbons (Fsp3) is 0.348. The van der Waals surface area contributed by atoms with Gasteiger partial charge in [0.1, 0.15) is 12.4 Å². The Bertz CT molecular complexity index is 878. The van der Waals surface area contributed by atoms with Gasteiger partial charge in [-0.3, -0.25) is 10.1 Å². The number of hydrogen-bond acceptors (Lipinski definition) is 5. The van der Waals surface area contributed by atoms with E-state index in [1.54, 1.807) is 24.3 Å². The summed E-state index contributed by atoms with van der Waals surface area (Å²) in [5, 5.41) is 4.98. The van der Waals surface area contributed by atoms with Crippen molar-refractivity contribution < 1.29 is 23.9 Å². The normalized spacial score (nSPS) is 14.6. The minimum atomic E-state index is -1.11. The molecule has 7 nitrogen and oxygen atoms in total. The first kappa shape index (κ1) is 21.4. The van der Waals surface area contributed by atoms with Crippen LogP contribution in [-0.2, 0) is 16.1 Å². The quantitative estimate of drug-likeness (QED) is 0.681. The van der Waals surface area contributed by atoms with E-state index in [4.69, 9.17) is 9.47 Å². The fourth-order valence-corrected chi connectivity index (χ4v) is 3.24. The summed E-state index contributed by atoms with van der Waals surface area (Å²) in [5.41, 5.74) is 1.27. The molecule has 3 rings (SSSR count). The third-order valence-electron chi connectivity index (χ3n) is 4.90. The molecule has 0 aliphatic heterocycles. The summed E-state index contributed by atoms with van der Waals surface area (Å²) in [6.07, 6.45) is 2.85. The molecule has 2 aromatic carbocycles. The Morgan fingerprint density at radius 2 is 1.77 bits per heavy atom. The van der Waals surface area contributed by atoms with Crippen molar-refractivity contribution in [2.45, 2.75) is 51.4 Å². The minimum Gasteiger partial charge on any atom is -0.489 e. The molecule has 30 heavy (non-hydrogen) atoms. The number of ether oxygens (including phenoxy) is 2. The summed E-state index contributed by atoms with van der Waals surface area (Å²) in [6, 6.07) is 15.7. The van der Waals surface area contributed by atoms with Gasteiger partial charge in [-0.15, -0.1) is 0 Å². The van der Waals surface area contributed by atoms with Crippen LogP contribution in [0.4, 0.5) is 4.79 Å². The van der Waals surface area contributed by atoms with Gasteiger partial charge in [0, 0.05) is 6.04 Å². The Hall–Kier alpha value is -3.35. The average Bonchev–Trinajstić information content (AvgIpc) is 3.26.